The number of hydrogen-bond donors (Lipinski definition) is 0. The number of benzene rings is 1. The van der Waals surface area contributed by atoms with Gasteiger partial charge in [-0.05, 0) is 24.5 Å². The minimum Gasteiger partial charge on any atom is -0.340 e. The lowest BCUT2D eigenvalue weighted by Gasteiger charge is -2.21. The van der Waals surface area contributed by atoms with Crippen molar-refractivity contribution in [1.29, 1.82) is 0 Å². The number of carbonyl (C=O) groups is 1. The van der Waals surface area contributed by atoms with Crippen LogP contribution in [-0.2, 0) is 11.2 Å². The Morgan fingerprint density at radius 2 is 1.96 bits per heavy atom. The Bertz CT molecular complexity index is 734. The largest absolute Gasteiger partial charge is 0.340 e. The van der Waals surface area contributed by atoms with Crippen molar-refractivity contribution in [2.75, 3.05) is 29.4 Å². The highest BCUT2D eigenvalue weighted by molar-refractivity contribution is 5.97. The first-order valence-electron chi connectivity index (χ1n) is 7.84. The number of carbonyl (C=O) groups excluding carboxylic acids is 1. The first kappa shape index (κ1) is 14.1. The van der Waals surface area contributed by atoms with Crippen molar-refractivity contribution < 1.29 is 9.18 Å². The molecule has 1 unspecified atom stereocenters. The molecule has 0 radical (unpaired) electrons. The Hall–Kier alpha value is -2.50. The van der Waals surface area contributed by atoms with Crippen LogP contribution >= 0.6 is 0 Å². The van der Waals surface area contributed by atoms with Crippen LogP contribution in [0.2, 0.25) is 0 Å². The van der Waals surface area contributed by atoms with Crippen molar-refractivity contribution in [2.24, 2.45) is 5.92 Å². The summed E-state index contributed by atoms with van der Waals surface area (Å²) in [5, 5.41) is 0. The van der Waals surface area contributed by atoms with Crippen molar-refractivity contribution in [3.63, 3.8) is 0 Å². The Kier molecular flexibility index (Phi) is 3.44. The molecular weight excluding hydrogens is 295 g/mol. The van der Waals surface area contributed by atoms with E-state index in [0.717, 1.165) is 44.0 Å². The molecule has 2 aliphatic heterocycles. The predicted octanol–water partition coefficient (Wildman–Crippen LogP) is 2.03. The average Bonchev–Trinajstić information content (AvgIpc) is 3.22. The fourth-order valence-electron chi connectivity index (χ4n) is 3.40. The molecule has 1 aromatic heterocycles. The summed E-state index contributed by atoms with van der Waals surface area (Å²) >= 11 is 0. The summed E-state index contributed by atoms with van der Waals surface area (Å²) in [6, 6.07) is 8.07. The molecule has 118 valence electrons. The average molecular weight is 312 g/mol. The topological polar surface area (TPSA) is 49.3 Å². The van der Waals surface area contributed by atoms with E-state index in [2.05, 4.69) is 16.0 Å². The number of rotatable bonds is 2. The molecule has 1 saturated heterocycles. The van der Waals surface area contributed by atoms with Crippen LogP contribution in [0.1, 0.15) is 12.0 Å². The van der Waals surface area contributed by atoms with E-state index < -0.39 is 5.82 Å². The number of halogens is 1. The fourth-order valence-corrected chi connectivity index (χ4v) is 3.40. The molecule has 23 heavy (non-hydrogen) atoms. The van der Waals surface area contributed by atoms with E-state index in [1.165, 1.54) is 5.56 Å². The van der Waals surface area contributed by atoms with Crippen LogP contribution in [0.3, 0.4) is 0 Å². The van der Waals surface area contributed by atoms with Gasteiger partial charge in [-0.1, -0.05) is 18.2 Å². The monoisotopic (exact) mass is 312 g/mol. The van der Waals surface area contributed by atoms with Gasteiger partial charge in [0.15, 0.2) is 5.82 Å². The summed E-state index contributed by atoms with van der Waals surface area (Å²) in [4.78, 5) is 24.7. The standard InChI is InChI=1S/C17H17FN4O/c18-14-9-19-17(20-10-14)21-7-5-13(11-21)16(23)22-8-6-12-3-1-2-4-15(12)22/h1-4,9-10,13H,5-8,11H2. The number of para-hydroxylation sites is 1. The lowest BCUT2D eigenvalue weighted by molar-refractivity contribution is -0.121. The van der Waals surface area contributed by atoms with E-state index in [1.807, 2.05) is 28.0 Å². The van der Waals surface area contributed by atoms with Crippen LogP contribution < -0.4 is 9.80 Å². The molecule has 4 rings (SSSR count). The van der Waals surface area contributed by atoms with Crippen LogP contribution in [0.25, 0.3) is 0 Å². The second-order valence-corrected chi connectivity index (χ2v) is 6.00. The maximum atomic E-state index is 12.9. The van der Waals surface area contributed by atoms with Gasteiger partial charge in [0.2, 0.25) is 11.9 Å². The minimum atomic E-state index is -0.450. The van der Waals surface area contributed by atoms with Crippen molar-refractivity contribution in [3.05, 3.63) is 48.0 Å². The Morgan fingerprint density at radius 3 is 2.78 bits per heavy atom. The van der Waals surface area contributed by atoms with E-state index in [1.54, 1.807) is 0 Å². The van der Waals surface area contributed by atoms with Gasteiger partial charge in [0.05, 0.1) is 18.3 Å². The molecule has 0 saturated carbocycles. The van der Waals surface area contributed by atoms with Gasteiger partial charge in [0, 0.05) is 25.3 Å². The number of nitrogens with zero attached hydrogens (tertiary/aromatic N) is 4. The molecule has 1 amide bonds. The van der Waals surface area contributed by atoms with Crippen LogP contribution in [0.4, 0.5) is 16.0 Å². The predicted molar refractivity (Wildman–Crippen MR) is 84.8 cm³/mol. The number of aromatic nitrogens is 2. The van der Waals surface area contributed by atoms with Crippen LogP contribution in [0.15, 0.2) is 36.7 Å². The van der Waals surface area contributed by atoms with Gasteiger partial charge < -0.3 is 9.80 Å². The fraction of sp³-hybridized carbons (Fsp3) is 0.353. The van der Waals surface area contributed by atoms with E-state index in [9.17, 15) is 9.18 Å². The molecule has 3 heterocycles. The zero-order valence-electron chi connectivity index (χ0n) is 12.7. The van der Waals surface area contributed by atoms with E-state index >= 15 is 0 Å². The first-order valence-corrected chi connectivity index (χ1v) is 7.84. The van der Waals surface area contributed by atoms with E-state index in [4.69, 9.17) is 0 Å². The molecule has 0 aliphatic carbocycles. The second-order valence-electron chi connectivity index (χ2n) is 6.00. The number of fused-ring (bicyclic) bond motifs is 1. The molecule has 2 aliphatic rings. The van der Waals surface area contributed by atoms with Crippen LogP contribution in [0, 0.1) is 11.7 Å². The molecule has 1 fully saturated rings. The maximum absolute atomic E-state index is 12.9. The molecule has 1 atom stereocenters. The third-order valence-corrected chi connectivity index (χ3v) is 4.58. The normalized spacial score (nSPS) is 20.0. The number of amides is 1. The highest BCUT2D eigenvalue weighted by Crippen LogP contribution is 2.31. The first-order chi connectivity index (χ1) is 11.2. The van der Waals surface area contributed by atoms with Crippen molar-refractivity contribution in [2.45, 2.75) is 12.8 Å². The SMILES string of the molecule is O=C(C1CCN(c2ncc(F)cn2)C1)N1CCc2ccccc21. The van der Waals surface area contributed by atoms with Gasteiger partial charge in [-0.2, -0.15) is 0 Å². The highest BCUT2D eigenvalue weighted by Gasteiger charge is 2.35. The third-order valence-electron chi connectivity index (χ3n) is 4.58. The van der Waals surface area contributed by atoms with Crippen molar-refractivity contribution in [1.82, 2.24) is 9.97 Å². The van der Waals surface area contributed by atoms with E-state index in [0.29, 0.717) is 12.5 Å². The number of hydrogen-bond acceptors (Lipinski definition) is 4. The smallest absolute Gasteiger partial charge is 0.231 e. The quantitative estimate of drug-likeness (QED) is 0.851. The summed E-state index contributed by atoms with van der Waals surface area (Å²) in [6.45, 7) is 2.06. The van der Waals surface area contributed by atoms with Crippen LogP contribution in [0.5, 0.6) is 0 Å². The summed E-state index contributed by atoms with van der Waals surface area (Å²) < 4.78 is 12.9. The highest BCUT2D eigenvalue weighted by atomic mass is 19.1. The molecule has 0 N–H and O–H groups in total. The second kappa shape index (κ2) is 5.61. The van der Waals surface area contributed by atoms with Gasteiger partial charge in [0.25, 0.3) is 0 Å². The van der Waals surface area contributed by atoms with Gasteiger partial charge in [0.1, 0.15) is 0 Å². The Morgan fingerprint density at radius 1 is 1.17 bits per heavy atom. The summed E-state index contributed by atoms with van der Waals surface area (Å²) in [6.07, 6.45) is 4.01. The molecule has 0 spiro atoms. The van der Waals surface area contributed by atoms with Gasteiger partial charge in [-0.3, -0.25) is 4.79 Å². The molecule has 6 heteroatoms. The number of anilines is 2. The zero-order valence-corrected chi connectivity index (χ0v) is 12.7. The van der Waals surface area contributed by atoms with Crippen molar-refractivity contribution >= 4 is 17.5 Å². The molecule has 5 nitrogen and oxygen atoms in total. The Labute approximate surface area is 133 Å². The van der Waals surface area contributed by atoms with Gasteiger partial charge >= 0.3 is 0 Å². The lowest BCUT2D eigenvalue weighted by atomic mass is 10.1. The molecular formula is C17H17FN4O. The zero-order chi connectivity index (χ0) is 15.8. The molecule has 0 bridgehead atoms. The third kappa shape index (κ3) is 2.54. The van der Waals surface area contributed by atoms with Gasteiger partial charge in [-0.15, -0.1) is 0 Å². The summed E-state index contributed by atoms with van der Waals surface area (Å²) in [7, 11) is 0. The Balaban J connectivity index is 1.48. The van der Waals surface area contributed by atoms with Gasteiger partial charge in [-0.25, -0.2) is 14.4 Å². The molecule has 1 aromatic carbocycles. The maximum Gasteiger partial charge on any atom is 0.231 e. The summed E-state index contributed by atoms with van der Waals surface area (Å²) in [5.74, 6) is 0.146. The summed E-state index contributed by atoms with van der Waals surface area (Å²) in [5.41, 5.74) is 2.27. The lowest BCUT2D eigenvalue weighted by Crippen LogP contribution is -2.36. The van der Waals surface area contributed by atoms with Crippen LogP contribution in [-0.4, -0.2) is 35.5 Å². The van der Waals surface area contributed by atoms with E-state index in [-0.39, 0.29) is 11.8 Å². The van der Waals surface area contributed by atoms with Crippen molar-refractivity contribution in [3.8, 4) is 0 Å². The molecule has 2 aromatic rings. The minimum absolute atomic E-state index is 0.0604.